The summed E-state index contributed by atoms with van der Waals surface area (Å²) in [7, 11) is 1.63. The highest BCUT2D eigenvalue weighted by molar-refractivity contribution is 7.99. The molecule has 1 N–H and O–H groups in total. The molecular formula is C18H17FN2O2S. The fourth-order valence-electron chi connectivity index (χ4n) is 2.53. The number of thioether (sulfide) groups is 1. The van der Waals surface area contributed by atoms with Crippen LogP contribution in [0.25, 0.3) is 0 Å². The minimum absolute atomic E-state index is 0.0504. The molecular weight excluding hydrogens is 327 g/mol. The van der Waals surface area contributed by atoms with Crippen molar-refractivity contribution >= 4 is 29.3 Å². The second-order valence-electron chi connectivity index (χ2n) is 5.61. The molecule has 1 heterocycles. The number of amides is 2. The standard InChI is InChI=1S/C18H17FN2O2S/c1-21(11-13-4-2-3-5-14(13)19)18(23)12-6-7-16-15(10-12)20-17(22)8-9-24-16/h2-7,10H,8-9,11H2,1H3,(H,20,22). The van der Waals surface area contributed by atoms with E-state index < -0.39 is 0 Å². The van der Waals surface area contributed by atoms with Crippen LogP contribution in [0.5, 0.6) is 0 Å². The molecule has 0 fully saturated rings. The number of anilines is 1. The van der Waals surface area contributed by atoms with Crippen LogP contribution in [-0.2, 0) is 11.3 Å². The Hall–Kier alpha value is -2.34. The average Bonchev–Trinajstić information content (AvgIpc) is 2.76. The van der Waals surface area contributed by atoms with Crippen LogP contribution >= 0.6 is 11.8 Å². The summed E-state index contributed by atoms with van der Waals surface area (Å²) in [4.78, 5) is 26.7. The molecule has 6 heteroatoms. The Morgan fingerprint density at radius 1 is 1.29 bits per heavy atom. The first-order chi connectivity index (χ1) is 11.5. The predicted molar refractivity (Wildman–Crippen MR) is 92.6 cm³/mol. The van der Waals surface area contributed by atoms with Gasteiger partial charge < -0.3 is 10.2 Å². The van der Waals surface area contributed by atoms with Crippen LogP contribution in [0, 0.1) is 5.82 Å². The Kier molecular flexibility index (Phi) is 4.85. The SMILES string of the molecule is CN(Cc1ccccc1F)C(=O)c1ccc2c(c1)NC(=O)CCS2. The molecule has 0 spiro atoms. The van der Waals surface area contributed by atoms with Gasteiger partial charge in [-0.3, -0.25) is 9.59 Å². The summed E-state index contributed by atoms with van der Waals surface area (Å²) >= 11 is 1.59. The van der Waals surface area contributed by atoms with Gasteiger partial charge in [-0.15, -0.1) is 11.8 Å². The van der Waals surface area contributed by atoms with Gasteiger partial charge in [-0.2, -0.15) is 0 Å². The molecule has 124 valence electrons. The number of carbonyl (C=O) groups is 2. The van der Waals surface area contributed by atoms with E-state index in [0.717, 1.165) is 10.6 Å². The Balaban J connectivity index is 1.80. The fraction of sp³-hybridized carbons (Fsp3) is 0.222. The minimum Gasteiger partial charge on any atom is -0.337 e. The number of hydrogen-bond acceptors (Lipinski definition) is 3. The number of fused-ring (bicyclic) bond motifs is 1. The molecule has 3 rings (SSSR count). The van der Waals surface area contributed by atoms with Crippen molar-refractivity contribution in [3.63, 3.8) is 0 Å². The van der Waals surface area contributed by atoms with Crippen LogP contribution in [-0.4, -0.2) is 29.5 Å². The Bertz CT molecular complexity index is 794. The van der Waals surface area contributed by atoms with Crippen LogP contribution in [0.1, 0.15) is 22.3 Å². The van der Waals surface area contributed by atoms with Gasteiger partial charge in [0.15, 0.2) is 0 Å². The van der Waals surface area contributed by atoms with E-state index in [9.17, 15) is 14.0 Å². The molecule has 4 nitrogen and oxygen atoms in total. The molecule has 0 radical (unpaired) electrons. The minimum atomic E-state index is -0.331. The smallest absolute Gasteiger partial charge is 0.253 e. The number of hydrogen-bond donors (Lipinski definition) is 1. The zero-order chi connectivity index (χ0) is 17.1. The van der Waals surface area contributed by atoms with E-state index in [4.69, 9.17) is 0 Å². The molecule has 1 aliphatic heterocycles. The molecule has 0 aromatic heterocycles. The lowest BCUT2D eigenvalue weighted by Crippen LogP contribution is -2.26. The van der Waals surface area contributed by atoms with Crippen LogP contribution in [0.4, 0.5) is 10.1 Å². The van der Waals surface area contributed by atoms with E-state index in [2.05, 4.69) is 5.32 Å². The van der Waals surface area contributed by atoms with E-state index in [0.29, 0.717) is 23.2 Å². The van der Waals surface area contributed by atoms with Gasteiger partial charge in [0.05, 0.1) is 5.69 Å². The lowest BCUT2D eigenvalue weighted by Gasteiger charge is -2.18. The summed E-state index contributed by atoms with van der Waals surface area (Å²) in [6.07, 6.45) is 0.454. The number of carbonyl (C=O) groups excluding carboxylic acids is 2. The zero-order valence-electron chi connectivity index (χ0n) is 13.2. The highest BCUT2D eigenvalue weighted by Gasteiger charge is 2.18. The normalized spacial score (nSPS) is 13.7. The molecule has 2 aromatic carbocycles. The van der Waals surface area contributed by atoms with Gasteiger partial charge >= 0.3 is 0 Å². The first kappa shape index (κ1) is 16.5. The highest BCUT2D eigenvalue weighted by Crippen LogP contribution is 2.31. The van der Waals surface area contributed by atoms with Gasteiger partial charge in [-0.05, 0) is 24.3 Å². The predicted octanol–water partition coefficient (Wildman–Crippen LogP) is 3.53. The number of nitrogens with zero attached hydrogens (tertiary/aromatic N) is 1. The summed E-state index contributed by atoms with van der Waals surface area (Å²) in [5, 5.41) is 2.82. The first-order valence-corrected chi connectivity index (χ1v) is 8.59. The van der Waals surface area contributed by atoms with E-state index in [1.54, 1.807) is 49.1 Å². The van der Waals surface area contributed by atoms with Gasteiger partial charge in [0.1, 0.15) is 5.82 Å². The molecule has 1 aliphatic rings. The quantitative estimate of drug-likeness (QED) is 0.927. The first-order valence-electron chi connectivity index (χ1n) is 7.60. The fourth-order valence-corrected chi connectivity index (χ4v) is 3.46. The zero-order valence-corrected chi connectivity index (χ0v) is 14.0. The van der Waals surface area contributed by atoms with E-state index in [1.165, 1.54) is 11.0 Å². The third-order valence-electron chi connectivity index (χ3n) is 3.80. The van der Waals surface area contributed by atoms with Crippen LogP contribution in [0.3, 0.4) is 0 Å². The molecule has 2 aromatic rings. The van der Waals surface area contributed by atoms with Crippen LogP contribution in [0.2, 0.25) is 0 Å². The van der Waals surface area contributed by atoms with Gasteiger partial charge in [0.2, 0.25) is 5.91 Å². The van der Waals surface area contributed by atoms with E-state index in [-0.39, 0.29) is 24.2 Å². The van der Waals surface area contributed by atoms with Crippen molar-refractivity contribution in [1.29, 1.82) is 0 Å². The maximum absolute atomic E-state index is 13.7. The number of rotatable bonds is 3. The number of benzene rings is 2. The maximum Gasteiger partial charge on any atom is 0.253 e. The lowest BCUT2D eigenvalue weighted by atomic mass is 10.1. The van der Waals surface area contributed by atoms with Crippen LogP contribution in [0.15, 0.2) is 47.4 Å². The summed E-state index contributed by atoms with van der Waals surface area (Å²) < 4.78 is 13.7. The maximum atomic E-state index is 13.7. The monoisotopic (exact) mass is 344 g/mol. The van der Waals surface area contributed by atoms with Crippen molar-refractivity contribution < 1.29 is 14.0 Å². The lowest BCUT2D eigenvalue weighted by molar-refractivity contribution is -0.115. The van der Waals surface area contributed by atoms with Crippen molar-refractivity contribution in [2.75, 3.05) is 18.1 Å². The Morgan fingerprint density at radius 3 is 2.88 bits per heavy atom. The molecule has 0 saturated heterocycles. The van der Waals surface area contributed by atoms with Gasteiger partial charge in [0.25, 0.3) is 5.91 Å². The second kappa shape index (κ2) is 7.05. The summed E-state index contributed by atoms with van der Waals surface area (Å²) in [5.74, 6) is 0.122. The summed E-state index contributed by atoms with van der Waals surface area (Å²) in [5.41, 5.74) is 1.59. The molecule has 2 amide bonds. The van der Waals surface area contributed by atoms with Gasteiger partial charge in [0, 0.05) is 41.8 Å². The molecule has 24 heavy (non-hydrogen) atoms. The molecule has 0 aliphatic carbocycles. The second-order valence-corrected chi connectivity index (χ2v) is 6.75. The topological polar surface area (TPSA) is 49.4 Å². The largest absolute Gasteiger partial charge is 0.337 e. The average molecular weight is 344 g/mol. The number of halogens is 1. The molecule has 0 atom stereocenters. The van der Waals surface area contributed by atoms with Crippen molar-refractivity contribution in [3.05, 3.63) is 59.4 Å². The summed E-state index contributed by atoms with van der Waals surface area (Å²) in [6.45, 7) is 0.184. The Labute approximate surface area is 144 Å². The highest BCUT2D eigenvalue weighted by atomic mass is 32.2. The summed E-state index contributed by atoms with van der Waals surface area (Å²) in [6, 6.07) is 11.7. The number of nitrogens with one attached hydrogen (secondary N) is 1. The van der Waals surface area contributed by atoms with E-state index in [1.807, 2.05) is 6.07 Å². The Morgan fingerprint density at radius 2 is 2.08 bits per heavy atom. The van der Waals surface area contributed by atoms with Crippen molar-refractivity contribution in [2.45, 2.75) is 17.9 Å². The molecule has 0 saturated carbocycles. The van der Waals surface area contributed by atoms with Gasteiger partial charge in [-0.25, -0.2) is 4.39 Å². The van der Waals surface area contributed by atoms with E-state index >= 15 is 0 Å². The molecule has 0 bridgehead atoms. The van der Waals surface area contributed by atoms with Crippen molar-refractivity contribution in [2.24, 2.45) is 0 Å². The third kappa shape index (κ3) is 3.59. The van der Waals surface area contributed by atoms with Crippen LogP contribution < -0.4 is 5.32 Å². The van der Waals surface area contributed by atoms with Gasteiger partial charge in [-0.1, -0.05) is 18.2 Å². The van der Waals surface area contributed by atoms with Crippen molar-refractivity contribution in [1.82, 2.24) is 4.90 Å². The van der Waals surface area contributed by atoms with Crippen molar-refractivity contribution in [3.8, 4) is 0 Å². The third-order valence-corrected chi connectivity index (χ3v) is 4.87. The molecule has 0 unspecified atom stereocenters.